The summed E-state index contributed by atoms with van der Waals surface area (Å²) >= 11 is 0. The van der Waals surface area contributed by atoms with Gasteiger partial charge in [0.2, 0.25) is 5.91 Å². The zero-order valence-electron chi connectivity index (χ0n) is 13.1. The van der Waals surface area contributed by atoms with Crippen LogP contribution in [0.3, 0.4) is 0 Å². The predicted octanol–water partition coefficient (Wildman–Crippen LogP) is 2.21. The number of piperidine rings is 2. The molecule has 126 valence electrons. The zero-order valence-corrected chi connectivity index (χ0v) is 14.7. The summed E-state index contributed by atoms with van der Waals surface area (Å²) in [4.78, 5) is 14.4. The van der Waals surface area contributed by atoms with E-state index in [9.17, 15) is 4.79 Å². The van der Waals surface area contributed by atoms with E-state index in [-0.39, 0.29) is 30.7 Å². The largest absolute Gasteiger partial charge is 0.352 e. The maximum absolute atomic E-state index is 12.0. The molecule has 1 unspecified atom stereocenters. The van der Waals surface area contributed by atoms with E-state index in [2.05, 4.69) is 22.5 Å². The summed E-state index contributed by atoms with van der Waals surface area (Å²) in [6.45, 7) is 7.77. The average Bonchev–Trinajstić information content (AvgIpc) is 2.46. The van der Waals surface area contributed by atoms with Crippen LogP contribution < -0.4 is 10.6 Å². The van der Waals surface area contributed by atoms with E-state index in [4.69, 9.17) is 0 Å². The van der Waals surface area contributed by atoms with Crippen molar-refractivity contribution in [3.63, 3.8) is 0 Å². The second-order valence-electron chi connectivity index (χ2n) is 6.03. The van der Waals surface area contributed by atoms with Gasteiger partial charge in [-0.3, -0.25) is 4.79 Å². The normalized spacial score (nSPS) is 23.8. The number of hydrogen-bond donors (Lipinski definition) is 2. The minimum Gasteiger partial charge on any atom is -0.352 e. The number of amides is 1. The molecular formula is C15H31Cl2N3O. The molecular weight excluding hydrogens is 309 g/mol. The van der Waals surface area contributed by atoms with Crippen LogP contribution in [0.15, 0.2) is 0 Å². The summed E-state index contributed by atoms with van der Waals surface area (Å²) in [7, 11) is 0. The van der Waals surface area contributed by atoms with Crippen LogP contribution in [0.1, 0.15) is 45.4 Å². The van der Waals surface area contributed by atoms with Crippen molar-refractivity contribution in [3.8, 4) is 0 Å². The van der Waals surface area contributed by atoms with Crippen molar-refractivity contribution in [2.75, 3.05) is 32.7 Å². The lowest BCUT2D eigenvalue weighted by Crippen LogP contribution is -2.47. The van der Waals surface area contributed by atoms with E-state index < -0.39 is 0 Å². The van der Waals surface area contributed by atoms with Crippen molar-refractivity contribution in [1.29, 1.82) is 0 Å². The van der Waals surface area contributed by atoms with Gasteiger partial charge in [-0.25, -0.2) is 0 Å². The van der Waals surface area contributed by atoms with Crippen molar-refractivity contribution >= 4 is 30.7 Å². The third-order valence-electron chi connectivity index (χ3n) is 4.56. The Morgan fingerprint density at radius 2 is 1.95 bits per heavy atom. The van der Waals surface area contributed by atoms with Crippen LogP contribution in [0.5, 0.6) is 0 Å². The van der Waals surface area contributed by atoms with Gasteiger partial charge in [0, 0.05) is 19.0 Å². The van der Waals surface area contributed by atoms with Gasteiger partial charge in [0.1, 0.15) is 0 Å². The Morgan fingerprint density at radius 3 is 2.62 bits per heavy atom. The molecule has 2 aliphatic rings. The van der Waals surface area contributed by atoms with Crippen LogP contribution in [0, 0.1) is 5.92 Å². The van der Waals surface area contributed by atoms with E-state index in [0.717, 1.165) is 44.9 Å². The number of likely N-dealkylation sites (tertiary alicyclic amines) is 1. The minimum absolute atomic E-state index is 0. The van der Waals surface area contributed by atoms with E-state index >= 15 is 0 Å². The molecule has 2 saturated heterocycles. The second-order valence-corrected chi connectivity index (χ2v) is 6.03. The Hall–Kier alpha value is -0.0300. The lowest BCUT2D eigenvalue weighted by molar-refractivity contribution is -0.122. The maximum atomic E-state index is 12.0. The number of nitrogens with zero attached hydrogens (tertiary/aromatic N) is 1. The van der Waals surface area contributed by atoms with Crippen LogP contribution in [-0.4, -0.2) is 49.6 Å². The topological polar surface area (TPSA) is 44.4 Å². The first-order valence-electron chi connectivity index (χ1n) is 8.00. The van der Waals surface area contributed by atoms with Crippen LogP contribution in [0.25, 0.3) is 0 Å². The smallest absolute Gasteiger partial charge is 0.220 e. The molecule has 2 aliphatic heterocycles. The molecule has 0 aromatic heterocycles. The first-order chi connectivity index (χ1) is 9.28. The van der Waals surface area contributed by atoms with Crippen molar-refractivity contribution < 1.29 is 4.79 Å². The molecule has 1 amide bonds. The highest BCUT2D eigenvalue weighted by Crippen LogP contribution is 2.18. The Kier molecular flexibility index (Phi) is 11.5. The first kappa shape index (κ1) is 21.0. The van der Waals surface area contributed by atoms with E-state index in [0.29, 0.717) is 12.5 Å². The number of hydrogen-bond acceptors (Lipinski definition) is 3. The summed E-state index contributed by atoms with van der Waals surface area (Å²) in [5.41, 5.74) is 0. The van der Waals surface area contributed by atoms with E-state index in [1.807, 2.05) is 0 Å². The third-order valence-corrected chi connectivity index (χ3v) is 4.56. The molecule has 2 fully saturated rings. The Labute approximate surface area is 141 Å². The summed E-state index contributed by atoms with van der Waals surface area (Å²) in [5, 5.41) is 6.60. The van der Waals surface area contributed by atoms with E-state index in [1.165, 1.54) is 25.8 Å². The lowest BCUT2D eigenvalue weighted by Gasteiger charge is -2.32. The summed E-state index contributed by atoms with van der Waals surface area (Å²) in [6.07, 6.45) is 6.62. The highest BCUT2D eigenvalue weighted by molar-refractivity contribution is 5.85. The standard InChI is InChI=1S/C15H29N3O.2ClH/c1-2-18-11-3-4-14(12-18)17-15(19)6-5-13-7-9-16-10-8-13;;/h13-14,16H,2-12H2,1H3,(H,17,19);2*1H. The molecule has 2 N–H and O–H groups in total. The molecule has 0 aromatic carbocycles. The van der Waals surface area contributed by atoms with Crippen LogP contribution >= 0.6 is 24.8 Å². The molecule has 21 heavy (non-hydrogen) atoms. The molecule has 4 nitrogen and oxygen atoms in total. The van der Waals surface area contributed by atoms with Gasteiger partial charge in [0.05, 0.1) is 0 Å². The Morgan fingerprint density at radius 1 is 1.24 bits per heavy atom. The molecule has 6 heteroatoms. The predicted molar refractivity (Wildman–Crippen MR) is 92.6 cm³/mol. The Balaban J connectivity index is 0.00000200. The highest BCUT2D eigenvalue weighted by Gasteiger charge is 2.21. The summed E-state index contributed by atoms with van der Waals surface area (Å²) < 4.78 is 0. The fourth-order valence-corrected chi connectivity index (χ4v) is 3.27. The fraction of sp³-hybridized carbons (Fsp3) is 0.933. The Bertz CT molecular complexity index is 286. The molecule has 1 atom stereocenters. The zero-order chi connectivity index (χ0) is 13.5. The van der Waals surface area contributed by atoms with Gasteiger partial charge in [-0.1, -0.05) is 6.92 Å². The molecule has 2 rings (SSSR count). The molecule has 0 radical (unpaired) electrons. The molecule has 0 aliphatic carbocycles. The van der Waals surface area contributed by atoms with Gasteiger partial charge in [0.25, 0.3) is 0 Å². The minimum atomic E-state index is 0. The van der Waals surface area contributed by atoms with Gasteiger partial charge in [-0.15, -0.1) is 24.8 Å². The number of carbonyl (C=O) groups is 1. The average molecular weight is 340 g/mol. The van der Waals surface area contributed by atoms with Crippen LogP contribution in [-0.2, 0) is 4.79 Å². The number of likely N-dealkylation sites (N-methyl/N-ethyl adjacent to an activating group) is 1. The summed E-state index contributed by atoms with van der Waals surface area (Å²) in [5.74, 6) is 1.02. The first-order valence-corrected chi connectivity index (χ1v) is 8.00. The second kappa shape index (κ2) is 11.5. The molecule has 2 heterocycles. The van der Waals surface area contributed by atoms with Crippen molar-refractivity contribution in [1.82, 2.24) is 15.5 Å². The van der Waals surface area contributed by atoms with Gasteiger partial charge < -0.3 is 15.5 Å². The fourth-order valence-electron chi connectivity index (χ4n) is 3.27. The van der Waals surface area contributed by atoms with Crippen molar-refractivity contribution in [2.45, 2.75) is 51.5 Å². The number of rotatable bonds is 5. The SMILES string of the molecule is CCN1CCCC(NC(=O)CCC2CCNCC2)C1.Cl.Cl. The number of halogens is 2. The lowest BCUT2D eigenvalue weighted by atomic mass is 9.93. The van der Waals surface area contributed by atoms with Gasteiger partial charge in [-0.2, -0.15) is 0 Å². The number of carbonyl (C=O) groups excluding carboxylic acids is 1. The maximum Gasteiger partial charge on any atom is 0.220 e. The van der Waals surface area contributed by atoms with Gasteiger partial charge in [-0.05, 0) is 64.2 Å². The van der Waals surface area contributed by atoms with Gasteiger partial charge >= 0.3 is 0 Å². The molecule has 0 aromatic rings. The van der Waals surface area contributed by atoms with Crippen molar-refractivity contribution in [2.24, 2.45) is 5.92 Å². The van der Waals surface area contributed by atoms with Crippen LogP contribution in [0.4, 0.5) is 0 Å². The molecule has 0 saturated carbocycles. The number of nitrogens with one attached hydrogen (secondary N) is 2. The quantitative estimate of drug-likeness (QED) is 0.807. The van der Waals surface area contributed by atoms with E-state index in [1.54, 1.807) is 0 Å². The third kappa shape index (κ3) is 7.68. The van der Waals surface area contributed by atoms with Crippen molar-refractivity contribution in [3.05, 3.63) is 0 Å². The highest BCUT2D eigenvalue weighted by atomic mass is 35.5. The molecule has 0 bridgehead atoms. The summed E-state index contributed by atoms with van der Waals surface area (Å²) in [6, 6.07) is 0.384. The van der Waals surface area contributed by atoms with Crippen LogP contribution in [0.2, 0.25) is 0 Å². The monoisotopic (exact) mass is 339 g/mol. The van der Waals surface area contributed by atoms with Gasteiger partial charge in [0.15, 0.2) is 0 Å². The molecule has 0 spiro atoms.